The van der Waals surface area contributed by atoms with E-state index in [-0.39, 0.29) is 7.47 Å². The van der Waals surface area contributed by atoms with E-state index >= 15 is 0 Å². The summed E-state index contributed by atoms with van der Waals surface area (Å²) < 4.78 is 4.99. The summed E-state index contributed by atoms with van der Waals surface area (Å²) in [6.45, 7) is 1.46. The molecule has 1 saturated heterocycles. The first-order valence-corrected chi connectivity index (χ1v) is 2.71. The molecule has 0 aromatic carbocycles. The molecule has 1 amide bonds. The summed E-state index contributed by atoms with van der Waals surface area (Å²) in [6.07, 6.45) is 1.68. The van der Waals surface area contributed by atoms with Gasteiger partial charge in [0.1, 0.15) is 0 Å². The van der Waals surface area contributed by atoms with E-state index in [2.05, 4.69) is 5.32 Å². The van der Waals surface area contributed by atoms with Gasteiger partial charge < -0.3 is 10.1 Å². The summed E-state index contributed by atoms with van der Waals surface area (Å²) in [4.78, 5) is 9.79. The quantitative estimate of drug-likeness (QED) is 0.507. The summed E-state index contributed by atoms with van der Waals surface area (Å²) in [6, 6.07) is 0.271. The third kappa shape index (κ3) is 1.20. The van der Waals surface area contributed by atoms with Gasteiger partial charge in [0.15, 0.2) is 0 Å². The van der Waals surface area contributed by atoms with Gasteiger partial charge >= 0.3 is 0 Å². The number of amides is 1. The molecule has 8 heavy (non-hydrogen) atoms. The van der Waals surface area contributed by atoms with E-state index in [1.165, 1.54) is 0 Å². The number of nitrogens with one attached hydrogen (secondary N) is 1. The van der Waals surface area contributed by atoms with Crippen LogP contribution < -0.4 is 5.32 Å². The van der Waals surface area contributed by atoms with Crippen LogP contribution >= 0.6 is 0 Å². The topological polar surface area (TPSA) is 38.3 Å². The molecule has 1 N–H and O–H groups in total. The van der Waals surface area contributed by atoms with Gasteiger partial charge in [0.2, 0.25) is 6.41 Å². The first-order chi connectivity index (χ1) is 3.93. The second-order valence-corrected chi connectivity index (χ2v) is 1.85. The van der Waals surface area contributed by atoms with Gasteiger partial charge in [-0.05, 0) is 6.42 Å². The molecular formula is C5H11NO2. The van der Waals surface area contributed by atoms with E-state index in [0.717, 1.165) is 19.4 Å². The molecule has 48 valence electrons. The fourth-order valence-corrected chi connectivity index (χ4v) is 0.762. The van der Waals surface area contributed by atoms with Gasteiger partial charge in [0, 0.05) is 8.03 Å². The second-order valence-electron chi connectivity index (χ2n) is 1.85. The Kier molecular flexibility index (Phi) is 1.86. The van der Waals surface area contributed by atoms with E-state index in [1.54, 1.807) is 0 Å². The number of rotatable bonds is 2. The van der Waals surface area contributed by atoms with Crippen molar-refractivity contribution < 1.29 is 11.0 Å². The minimum absolute atomic E-state index is 0. The lowest BCUT2D eigenvalue weighted by molar-refractivity contribution is -0.110. The van der Waals surface area contributed by atoms with Crippen LogP contribution in [0, 0.1) is 0 Å². The van der Waals surface area contributed by atoms with E-state index < -0.39 is 0 Å². The standard InChI is InChI=1S/C5H9NO2.H2/c7-4-6-5-1-2-8-3-5;/h4-5H,1-3H2,(H,6,7);1H. The molecule has 0 aromatic rings. The Morgan fingerprint density at radius 3 is 3.25 bits per heavy atom. The zero-order chi connectivity index (χ0) is 5.82. The number of carbonyl (C=O) groups is 1. The second kappa shape index (κ2) is 2.67. The normalized spacial score (nSPS) is 27.8. The van der Waals surface area contributed by atoms with Crippen molar-refractivity contribution in [1.82, 2.24) is 5.32 Å². The maximum absolute atomic E-state index is 9.79. The van der Waals surface area contributed by atoms with Crippen LogP contribution in [0.15, 0.2) is 0 Å². The summed E-state index contributed by atoms with van der Waals surface area (Å²) in [5.74, 6) is 0. The molecule has 1 atom stereocenters. The predicted molar refractivity (Wildman–Crippen MR) is 30.5 cm³/mol. The molecule has 1 aliphatic heterocycles. The Balaban J connectivity index is 0.000000640. The Morgan fingerprint density at radius 2 is 2.75 bits per heavy atom. The molecule has 1 fully saturated rings. The maximum Gasteiger partial charge on any atom is 0.207 e. The SMILES string of the molecule is O=CNC1CCOC1.[HH]. The van der Waals surface area contributed by atoms with Gasteiger partial charge in [0.05, 0.1) is 12.6 Å². The lowest BCUT2D eigenvalue weighted by atomic mass is 10.3. The molecule has 0 spiro atoms. The zero-order valence-electron chi connectivity index (χ0n) is 4.59. The average molecular weight is 117 g/mol. The molecule has 0 bridgehead atoms. The lowest BCUT2D eigenvalue weighted by Crippen LogP contribution is -2.27. The molecule has 3 nitrogen and oxygen atoms in total. The Labute approximate surface area is 49.5 Å². The van der Waals surface area contributed by atoms with Crippen molar-refractivity contribution in [2.24, 2.45) is 0 Å². The molecule has 0 saturated carbocycles. The minimum Gasteiger partial charge on any atom is -0.379 e. The molecule has 0 aromatic heterocycles. The average Bonchev–Trinajstić information content (AvgIpc) is 2.19. The summed E-state index contributed by atoms with van der Waals surface area (Å²) >= 11 is 0. The third-order valence-electron chi connectivity index (χ3n) is 1.23. The van der Waals surface area contributed by atoms with Gasteiger partial charge in [-0.15, -0.1) is 0 Å². The summed E-state index contributed by atoms with van der Waals surface area (Å²) in [7, 11) is 0. The van der Waals surface area contributed by atoms with Crippen LogP contribution in [0.25, 0.3) is 0 Å². The van der Waals surface area contributed by atoms with Gasteiger partial charge in [-0.25, -0.2) is 0 Å². The molecule has 1 unspecified atom stereocenters. The summed E-state index contributed by atoms with van der Waals surface area (Å²) in [5, 5.41) is 2.64. The molecule has 1 rings (SSSR count). The highest BCUT2D eigenvalue weighted by Gasteiger charge is 2.12. The number of hydrogen-bond acceptors (Lipinski definition) is 2. The van der Waals surface area contributed by atoms with Crippen molar-refractivity contribution in [1.29, 1.82) is 0 Å². The molecule has 0 aliphatic carbocycles. The van der Waals surface area contributed by atoms with E-state index in [4.69, 9.17) is 4.74 Å². The van der Waals surface area contributed by atoms with Gasteiger partial charge in [-0.3, -0.25) is 4.79 Å². The largest absolute Gasteiger partial charge is 0.379 e. The lowest BCUT2D eigenvalue weighted by Gasteiger charge is -2.01. The van der Waals surface area contributed by atoms with Crippen molar-refractivity contribution in [3.63, 3.8) is 0 Å². The van der Waals surface area contributed by atoms with Gasteiger partial charge in [-0.2, -0.15) is 0 Å². The Hall–Kier alpha value is -0.570. The number of ether oxygens (including phenoxy) is 1. The highest BCUT2D eigenvalue weighted by Crippen LogP contribution is 2.01. The fraction of sp³-hybridized carbons (Fsp3) is 0.800. The maximum atomic E-state index is 9.79. The number of carbonyl (C=O) groups excluding carboxylic acids is 1. The van der Waals surface area contributed by atoms with E-state index in [1.807, 2.05) is 0 Å². The first-order valence-electron chi connectivity index (χ1n) is 2.71. The fourth-order valence-electron chi connectivity index (χ4n) is 0.762. The molecule has 1 heterocycles. The Bertz CT molecular complexity index is 83.0. The van der Waals surface area contributed by atoms with Crippen molar-refractivity contribution in [3.8, 4) is 0 Å². The monoisotopic (exact) mass is 117 g/mol. The minimum atomic E-state index is 0. The highest BCUT2D eigenvalue weighted by atomic mass is 16.5. The third-order valence-corrected chi connectivity index (χ3v) is 1.23. The summed E-state index contributed by atoms with van der Waals surface area (Å²) in [5.41, 5.74) is 0. The molecular weight excluding hydrogens is 106 g/mol. The zero-order valence-corrected chi connectivity index (χ0v) is 4.59. The van der Waals surface area contributed by atoms with Crippen LogP contribution in [0.1, 0.15) is 7.85 Å². The Morgan fingerprint density at radius 1 is 1.88 bits per heavy atom. The van der Waals surface area contributed by atoms with Crippen molar-refractivity contribution in [2.45, 2.75) is 12.5 Å². The van der Waals surface area contributed by atoms with Crippen molar-refractivity contribution >= 4 is 6.41 Å². The van der Waals surface area contributed by atoms with Crippen LogP contribution in [0.2, 0.25) is 0 Å². The van der Waals surface area contributed by atoms with Crippen LogP contribution in [-0.4, -0.2) is 25.7 Å². The first kappa shape index (κ1) is 5.56. The predicted octanol–water partition coefficient (Wildman–Crippen LogP) is -0.233. The van der Waals surface area contributed by atoms with Crippen LogP contribution in [-0.2, 0) is 9.53 Å². The molecule has 0 radical (unpaired) electrons. The molecule has 3 heteroatoms. The van der Waals surface area contributed by atoms with Crippen molar-refractivity contribution in [2.75, 3.05) is 13.2 Å². The van der Waals surface area contributed by atoms with Crippen LogP contribution in [0.5, 0.6) is 0 Å². The molecule has 1 aliphatic rings. The highest BCUT2D eigenvalue weighted by molar-refractivity contribution is 5.46. The van der Waals surface area contributed by atoms with Gasteiger partial charge in [0.25, 0.3) is 0 Å². The van der Waals surface area contributed by atoms with Crippen LogP contribution in [0.3, 0.4) is 0 Å². The van der Waals surface area contributed by atoms with E-state index in [9.17, 15) is 4.79 Å². The van der Waals surface area contributed by atoms with Crippen LogP contribution in [0.4, 0.5) is 0 Å². The number of hydrogen-bond donors (Lipinski definition) is 1. The van der Waals surface area contributed by atoms with E-state index in [0.29, 0.717) is 6.61 Å². The smallest absolute Gasteiger partial charge is 0.207 e. The van der Waals surface area contributed by atoms with Crippen molar-refractivity contribution in [3.05, 3.63) is 0 Å². The van der Waals surface area contributed by atoms with Gasteiger partial charge in [-0.1, -0.05) is 0 Å².